The Balaban J connectivity index is 2.00. The minimum absolute atomic E-state index is 0.0147. The molecule has 0 radical (unpaired) electrons. The highest BCUT2D eigenvalue weighted by atomic mass is 19.1. The number of hydrogen-bond donors (Lipinski definition) is 3. The maximum atomic E-state index is 13.1. The fourth-order valence-electron chi connectivity index (χ4n) is 3.78. The number of ketones is 1. The lowest BCUT2D eigenvalue weighted by Gasteiger charge is -2.42. The Labute approximate surface area is 172 Å². The number of halogens is 1. The van der Waals surface area contributed by atoms with Gasteiger partial charge in [-0.15, -0.1) is 0 Å². The zero-order valence-electron chi connectivity index (χ0n) is 17.5. The van der Waals surface area contributed by atoms with E-state index < -0.39 is 19.0 Å². The highest BCUT2D eigenvalue weighted by molar-refractivity contribution is 6.43. The summed E-state index contributed by atoms with van der Waals surface area (Å²) in [5.74, 6) is -1.72. The van der Waals surface area contributed by atoms with Crippen LogP contribution in [0.4, 0.5) is 10.1 Å². The Morgan fingerprint density at radius 2 is 1.93 bits per heavy atom. The smallest absolute Gasteiger partial charge is 0.426 e. The number of nitrogens with one attached hydrogen (secondary N) is 1. The van der Waals surface area contributed by atoms with Crippen molar-refractivity contribution in [1.82, 2.24) is 5.32 Å². The normalized spacial score (nSPS) is 18.2. The SMILES string of the molecule is CCC[C@H](CC(=O)[C@@H]1CCN1c1ccc(F)cc1)C(=O)N[C@@H](CC(C)C)B(O)O. The first kappa shape index (κ1) is 23.4. The van der Waals surface area contributed by atoms with Crippen LogP contribution in [-0.2, 0) is 9.59 Å². The van der Waals surface area contributed by atoms with Gasteiger partial charge in [0.15, 0.2) is 5.78 Å². The van der Waals surface area contributed by atoms with E-state index in [9.17, 15) is 24.0 Å². The van der Waals surface area contributed by atoms with Crippen LogP contribution in [0.3, 0.4) is 0 Å². The molecule has 2 rings (SSSR count). The molecule has 160 valence electrons. The predicted octanol–water partition coefficient (Wildman–Crippen LogP) is 2.32. The van der Waals surface area contributed by atoms with Crippen LogP contribution in [0.1, 0.15) is 52.9 Å². The van der Waals surface area contributed by atoms with Gasteiger partial charge < -0.3 is 20.3 Å². The highest BCUT2D eigenvalue weighted by Crippen LogP contribution is 2.29. The number of carbonyl (C=O) groups excluding carboxylic acids is 2. The van der Waals surface area contributed by atoms with Gasteiger partial charge in [-0.1, -0.05) is 27.2 Å². The van der Waals surface area contributed by atoms with E-state index in [1.54, 1.807) is 12.1 Å². The Hall–Kier alpha value is -1.93. The molecule has 1 amide bonds. The topological polar surface area (TPSA) is 89.9 Å². The van der Waals surface area contributed by atoms with Gasteiger partial charge in [-0.3, -0.25) is 9.59 Å². The van der Waals surface area contributed by atoms with Crippen LogP contribution < -0.4 is 10.2 Å². The number of Topliss-reactive ketones (excluding diaryl/α,β-unsaturated/α-hetero) is 1. The minimum atomic E-state index is -1.64. The summed E-state index contributed by atoms with van der Waals surface area (Å²) in [6.45, 7) is 6.55. The second kappa shape index (κ2) is 10.7. The van der Waals surface area contributed by atoms with Crippen molar-refractivity contribution in [1.29, 1.82) is 0 Å². The molecule has 0 saturated carbocycles. The Morgan fingerprint density at radius 1 is 1.28 bits per heavy atom. The molecule has 8 heteroatoms. The van der Waals surface area contributed by atoms with Crippen LogP contribution in [-0.4, -0.2) is 47.4 Å². The van der Waals surface area contributed by atoms with Crippen LogP contribution in [0.5, 0.6) is 0 Å². The molecule has 29 heavy (non-hydrogen) atoms. The zero-order chi connectivity index (χ0) is 21.6. The first-order valence-corrected chi connectivity index (χ1v) is 10.4. The maximum absolute atomic E-state index is 13.1. The quantitative estimate of drug-likeness (QED) is 0.491. The predicted molar refractivity (Wildman–Crippen MR) is 112 cm³/mol. The van der Waals surface area contributed by atoms with Gasteiger partial charge in [0.25, 0.3) is 0 Å². The van der Waals surface area contributed by atoms with E-state index in [-0.39, 0.29) is 35.9 Å². The van der Waals surface area contributed by atoms with Gasteiger partial charge in [0.1, 0.15) is 5.82 Å². The third-order valence-corrected chi connectivity index (χ3v) is 5.42. The Kier molecular flexibility index (Phi) is 8.65. The van der Waals surface area contributed by atoms with E-state index in [1.165, 1.54) is 12.1 Å². The summed E-state index contributed by atoms with van der Waals surface area (Å²) < 4.78 is 13.1. The van der Waals surface area contributed by atoms with E-state index in [4.69, 9.17) is 0 Å². The largest absolute Gasteiger partial charge is 0.475 e. The fourth-order valence-corrected chi connectivity index (χ4v) is 3.78. The third-order valence-electron chi connectivity index (χ3n) is 5.42. The molecule has 1 aliphatic rings. The Bertz CT molecular complexity index is 684. The molecule has 0 bridgehead atoms. The summed E-state index contributed by atoms with van der Waals surface area (Å²) >= 11 is 0. The number of carbonyl (C=O) groups is 2. The number of anilines is 1. The monoisotopic (exact) mass is 406 g/mol. The van der Waals surface area contributed by atoms with Crippen molar-refractivity contribution in [3.05, 3.63) is 30.1 Å². The fraction of sp³-hybridized carbons (Fsp3) is 0.619. The van der Waals surface area contributed by atoms with Gasteiger partial charge in [0, 0.05) is 24.6 Å². The van der Waals surface area contributed by atoms with Crippen LogP contribution in [0.25, 0.3) is 0 Å². The molecule has 6 nitrogen and oxygen atoms in total. The zero-order valence-corrected chi connectivity index (χ0v) is 17.5. The molecule has 1 aliphatic heterocycles. The van der Waals surface area contributed by atoms with Gasteiger partial charge >= 0.3 is 7.12 Å². The van der Waals surface area contributed by atoms with Crippen molar-refractivity contribution < 1.29 is 24.0 Å². The number of hydrogen-bond acceptors (Lipinski definition) is 5. The van der Waals surface area contributed by atoms with Gasteiger partial charge in [-0.2, -0.15) is 0 Å². The summed E-state index contributed by atoms with van der Waals surface area (Å²) in [6, 6.07) is 5.76. The van der Waals surface area contributed by atoms with Crippen LogP contribution in [0.15, 0.2) is 24.3 Å². The summed E-state index contributed by atoms with van der Waals surface area (Å²) in [7, 11) is -1.64. The molecule has 1 fully saturated rings. The lowest BCUT2D eigenvalue weighted by molar-refractivity contribution is -0.131. The van der Waals surface area contributed by atoms with Crippen LogP contribution in [0, 0.1) is 17.7 Å². The molecular formula is C21H32BFN2O4. The molecule has 0 unspecified atom stereocenters. The maximum Gasteiger partial charge on any atom is 0.475 e. The summed E-state index contributed by atoms with van der Waals surface area (Å²) in [4.78, 5) is 27.5. The van der Waals surface area contributed by atoms with Crippen molar-refractivity contribution in [2.45, 2.75) is 64.9 Å². The van der Waals surface area contributed by atoms with Gasteiger partial charge in [0.2, 0.25) is 5.91 Å². The lowest BCUT2D eigenvalue weighted by atomic mass is 9.74. The van der Waals surface area contributed by atoms with Crippen molar-refractivity contribution in [2.24, 2.45) is 11.8 Å². The number of benzene rings is 1. The molecule has 1 aromatic carbocycles. The van der Waals surface area contributed by atoms with Gasteiger partial charge in [0.05, 0.1) is 12.0 Å². The lowest BCUT2D eigenvalue weighted by Crippen LogP contribution is -2.54. The van der Waals surface area contributed by atoms with E-state index in [0.717, 1.165) is 18.7 Å². The number of amides is 1. The molecule has 0 aromatic heterocycles. The molecular weight excluding hydrogens is 374 g/mol. The molecule has 1 saturated heterocycles. The number of nitrogens with zero attached hydrogens (tertiary/aromatic N) is 1. The van der Waals surface area contributed by atoms with E-state index in [2.05, 4.69) is 5.32 Å². The molecule has 1 heterocycles. The van der Waals surface area contributed by atoms with E-state index in [0.29, 0.717) is 19.3 Å². The van der Waals surface area contributed by atoms with Crippen molar-refractivity contribution >= 4 is 24.5 Å². The molecule has 3 N–H and O–H groups in total. The Morgan fingerprint density at radius 3 is 2.41 bits per heavy atom. The standard InChI is InChI=1S/C21H32BFN2O4/c1-4-5-15(21(27)24-20(22(28)29)12-14(2)3)13-19(26)18-10-11-25(18)17-8-6-16(23)7-9-17/h6-9,14-15,18,20,28-29H,4-5,10-13H2,1-3H3,(H,24,27)/t15-,18+,20+/m1/s1. The molecule has 1 aromatic rings. The summed E-state index contributed by atoms with van der Waals surface area (Å²) in [6.07, 6.45) is 2.56. The molecule has 0 aliphatic carbocycles. The van der Waals surface area contributed by atoms with Gasteiger partial charge in [-0.05, 0) is 49.4 Å². The van der Waals surface area contributed by atoms with Crippen molar-refractivity contribution in [3.8, 4) is 0 Å². The highest BCUT2D eigenvalue weighted by Gasteiger charge is 2.37. The second-order valence-electron chi connectivity index (χ2n) is 8.29. The van der Waals surface area contributed by atoms with E-state index >= 15 is 0 Å². The number of rotatable bonds is 11. The second-order valence-corrected chi connectivity index (χ2v) is 8.29. The average Bonchev–Trinajstić information content (AvgIpc) is 2.61. The van der Waals surface area contributed by atoms with Crippen LogP contribution in [0.2, 0.25) is 0 Å². The first-order valence-electron chi connectivity index (χ1n) is 10.4. The van der Waals surface area contributed by atoms with E-state index in [1.807, 2.05) is 25.7 Å². The van der Waals surface area contributed by atoms with Crippen molar-refractivity contribution in [2.75, 3.05) is 11.4 Å². The summed E-state index contributed by atoms with van der Waals surface area (Å²) in [5.41, 5.74) is 0.799. The third kappa shape index (κ3) is 6.54. The first-order chi connectivity index (χ1) is 13.7. The minimum Gasteiger partial charge on any atom is -0.426 e. The van der Waals surface area contributed by atoms with Crippen LogP contribution >= 0.6 is 0 Å². The summed E-state index contributed by atoms with van der Waals surface area (Å²) in [5, 5.41) is 21.8. The van der Waals surface area contributed by atoms with Gasteiger partial charge in [-0.25, -0.2) is 4.39 Å². The van der Waals surface area contributed by atoms with Crippen molar-refractivity contribution in [3.63, 3.8) is 0 Å². The molecule has 3 atom stereocenters. The molecule has 0 spiro atoms. The average molecular weight is 406 g/mol.